The fourth-order valence-electron chi connectivity index (χ4n) is 3.79. The van der Waals surface area contributed by atoms with E-state index in [1.807, 2.05) is 55.5 Å². The summed E-state index contributed by atoms with van der Waals surface area (Å²) >= 11 is 1.39. The van der Waals surface area contributed by atoms with E-state index in [-0.39, 0.29) is 11.7 Å². The number of hydrazone groups is 1. The molecule has 194 valence electrons. The van der Waals surface area contributed by atoms with Gasteiger partial charge in [0.2, 0.25) is 5.91 Å². The predicted molar refractivity (Wildman–Crippen MR) is 139 cm³/mol. The number of benzene rings is 3. The van der Waals surface area contributed by atoms with Gasteiger partial charge in [0.1, 0.15) is 12.1 Å². The second-order valence-corrected chi connectivity index (χ2v) is 9.23. The number of nitrogens with zero attached hydrogens (tertiary/aromatic N) is 5. The molecule has 0 aliphatic carbocycles. The van der Waals surface area contributed by atoms with Crippen LogP contribution in [0.4, 0.5) is 18.9 Å². The van der Waals surface area contributed by atoms with Gasteiger partial charge in [-0.05, 0) is 48.4 Å². The lowest BCUT2D eigenvalue weighted by Gasteiger charge is -2.18. The van der Waals surface area contributed by atoms with E-state index in [4.69, 9.17) is 0 Å². The van der Waals surface area contributed by atoms with E-state index in [2.05, 4.69) is 25.3 Å². The molecule has 1 saturated heterocycles. The van der Waals surface area contributed by atoms with Crippen molar-refractivity contribution in [3.8, 4) is 22.8 Å². The van der Waals surface area contributed by atoms with Crippen molar-refractivity contribution in [3.05, 3.63) is 90.3 Å². The monoisotopic (exact) mass is 538 g/mol. The summed E-state index contributed by atoms with van der Waals surface area (Å²) in [5, 5.41) is 9.47. The number of alkyl halides is 3. The maximum Gasteiger partial charge on any atom is 0.573 e. The Morgan fingerprint density at radius 2 is 1.79 bits per heavy atom. The predicted octanol–water partition coefficient (Wildman–Crippen LogP) is 5.28. The fraction of sp³-hybridized carbons (Fsp3) is 0.154. The van der Waals surface area contributed by atoms with E-state index < -0.39 is 6.36 Å². The highest BCUT2D eigenvalue weighted by atomic mass is 32.2. The second-order valence-electron chi connectivity index (χ2n) is 8.28. The van der Waals surface area contributed by atoms with Crippen LogP contribution in [0.25, 0.3) is 17.1 Å². The van der Waals surface area contributed by atoms with Gasteiger partial charge in [0.15, 0.2) is 11.0 Å². The molecule has 1 aliphatic heterocycles. The Bertz CT molecular complexity index is 1470. The van der Waals surface area contributed by atoms with E-state index in [9.17, 15) is 18.0 Å². The van der Waals surface area contributed by atoms with Crippen LogP contribution < -0.4 is 15.1 Å². The number of aromatic nitrogens is 3. The van der Waals surface area contributed by atoms with Crippen molar-refractivity contribution in [1.82, 2.24) is 20.2 Å². The van der Waals surface area contributed by atoms with Crippen LogP contribution in [0.5, 0.6) is 5.75 Å². The smallest absolute Gasteiger partial charge is 0.406 e. The molecule has 38 heavy (non-hydrogen) atoms. The summed E-state index contributed by atoms with van der Waals surface area (Å²) in [6, 6.07) is 20.6. The molecule has 0 saturated carbocycles. The van der Waals surface area contributed by atoms with Gasteiger partial charge in [0, 0.05) is 5.56 Å². The number of amidine groups is 1. The Labute approximate surface area is 220 Å². The first kappa shape index (κ1) is 25.3. The topological polar surface area (TPSA) is 84.6 Å². The first-order chi connectivity index (χ1) is 18.3. The second kappa shape index (κ2) is 10.6. The third kappa shape index (κ3) is 5.80. The number of ether oxygens (including phenoxy) is 1. The average Bonchev–Trinajstić information content (AvgIpc) is 3.52. The minimum atomic E-state index is -4.74. The largest absolute Gasteiger partial charge is 0.573 e. The number of nitrogens with one attached hydrogen (secondary N) is 1. The van der Waals surface area contributed by atoms with Crippen molar-refractivity contribution in [2.45, 2.75) is 19.8 Å². The third-order valence-corrected chi connectivity index (χ3v) is 6.54. The Morgan fingerprint density at radius 1 is 1.05 bits per heavy atom. The average molecular weight is 539 g/mol. The van der Waals surface area contributed by atoms with Crippen LogP contribution in [0.1, 0.15) is 11.1 Å². The molecule has 1 N–H and O–H groups in total. The number of para-hydroxylation sites is 1. The zero-order valence-corrected chi connectivity index (χ0v) is 20.8. The van der Waals surface area contributed by atoms with Gasteiger partial charge in [-0.25, -0.2) is 9.67 Å². The Morgan fingerprint density at radius 3 is 2.50 bits per heavy atom. The number of rotatable bonds is 7. The molecule has 12 heteroatoms. The van der Waals surface area contributed by atoms with Crippen molar-refractivity contribution in [3.63, 3.8) is 0 Å². The first-order valence-electron chi connectivity index (χ1n) is 11.5. The lowest BCUT2D eigenvalue weighted by molar-refractivity contribution is -0.274. The molecule has 1 fully saturated rings. The summed E-state index contributed by atoms with van der Waals surface area (Å²) in [5.41, 5.74) is 7.15. The molecule has 0 unspecified atom stereocenters. The Balaban J connectivity index is 1.22. The molecular formula is C26H21F3N6O2S. The van der Waals surface area contributed by atoms with Crippen LogP contribution in [0.2, 0.25) is 0 Å². The van der Waals surface area contributed by atoms with Crippen molar-refractivity contribution in [1.29, 1.82) is 0 Å². The molecule has 1 aromatic heterocycles. The summed E-state index contributed by atoms with van der Waals surface area (Å²) in [6.07, 6.45) is -3.26. The lowest BCUT2D eigenvalue weighted by atomic mass is 10.1. The first-order valence-corrected chi connectivity index (χ1v) is 12.4. The van der Waals surface area contributed by atoms with E-state index in [0.29, 0.717) is 29.0 Å². The maximum atomic E-state index is 12.4. The van der Waals surface area contributed by atoms with Crippen molar-refractivity contribution < 1.29 is 22.7 Å². The van der Waals surface area contributed by atoms with Crippen molar-refractivity contribution >= 4 is 28.5 Å². The van der Waals surface area contributed by atoms with E-state index in [1.54, 1.807) is 4.90 Å². The molecule has 5 rings (SSSR count). The van der Waals surface area contributed by atoms with Gasteiger partial charge in [0.05, 0.1) is 23.7 Å². The van der Waals surface area contributed by atoms with Crippen molar-refractivity contribution in [2.75, 3.05) is 10.7 Å². The van der Waals surface area contributed by atoms with Gasteiger partial charge < -0.3 is 10.2 Å². The highest BCUT2D eigenvalue weighted by Crippen LogP contribution is 2.29. The Hall–Kier alpha value is -4.32. The summed E-state index contributed by atoms with van der Waals surface area (Å²) in [7, 11) is 0. The molecule has 8 nitrogen and oxygen atoms in total. The minimum absolute atomic E-state index is 0.00766. The number of hydrogen-bond donors (Lipinski definition) is 1. The van der Waals surface area contributed by atoms with E-state index >= 15 is 0 Å². The zero-order chi connectivity index (χ0) is 26.7. The van der Waals surface area contributed by atoms with Crippen LogP contribution in [-0.2, 0) is 11.3 Å². The van der Waals surface area contributed by atoms with Gasteiger partial charge in [-0.15, -0.1) is 18.3 Å². The molecule has 3 aromatic carbocycles. The lowest BCUT2D eigenvalue weighted by Crippen LogP contribution is -2.31. The van der Waals surface area contributed by atoms with Crippen LogP contribution >= 0.6 is 11.8 Å². The molecule has 2 heterocycles. The number of amides is 1. The molecule has 0 bridgehead atoms. The van der Waals surface area contributed by atoms with Gasteiger partial charge in [-0.1, -0.05) is 54.2 Å². The molecule has 0 spiro atoms. The number of halogens is 3. The Kier molecular flexibility index (Phi) is 7.05. The SMILES string of the molecule is Cc1ccccc1N1C(=O)CS/C1=N/NCc1ccc(-c2ncn(-c3ccc(OC(F)(F)F)cc3)n2)cc1. The number of anilines is 1. The number of thioether (sulfide) groups is 1. The van der Waals surface area contributed by atoms with Gasteiger partial charge in [-0.2, -0.15) is 5.10 Å². The molecular weight excluding hydrogens is 517 g/mol. The molecule has 1 aliphatic rings. The molecule has 0 radical (unpaired) electrons. The maximum absolute atomic E-state index is 12.4. The van der Waals surface area contributed by atoms with E-state index in [1.165, 1.54) is 47.0 Å². The third-order valence-electron chi connectivity index (χ3n) is 5.62. The quantitative estimate of drug-likeness (QED) is 0.322. The highest BCUT2D eigenvalue weighted by molar-refractivity contribution is 8.15. The number of aryl methyl sites for hydroxylation is 1. The summed E-state index contributed by atoms with van der Waals surface area (Å²) in [4.78, 5) is 18.4. The number of carbonyl (C=O) groups excluding carboxylic acids is 1. The summed E-state index contributed by atoms with van der Waals surface area (Å²) < 4.78 is 42.4. The van der Waals surface area contributed by atoms with Crippen LogP contribution in [0.3, 0.4) is 0 Å². The van der Waals surface area contributed by atoms with Crippen LogP contribution in [-0.4, -0.2) is 38.0 Å². The zero-order valence-electron chi connectivity index (χ0n) is 20.0. The standard InChI is InChI=1S/C26H21F3N6O2S/c1-17-4-2-3-5-22(17)35-23(36)15-38-25(35)32-31-14-18-6-8-19(9-7-18)24-30-16-34(33-24)20-10-12-21(13-11-20)37-26(27,28)29/h2-13,16,31H,14-15H2,1H3/b32-25+. The summed E-state index contributed by atoms with van der Waals surface area (Å²) in [5.74, 6) is 0.494. The van der Waals surface area contributed by atoms with Gasteiger partial charge in [-0.3, -0.25) is 9.69 Å². The molecule has 4 aromatic rings. The van der Waals surface area contributed by atoms with Crippen LogP contribution in [0, 0.1) is 6.92 Å². The summed E-state index contributed by atoms with van der Waals surface area (Å²) in [6.45, 7) is 2.41. The van der Waals surface area contributed by atoms with Crippen molar-refractivity contribution in [2.24, 2.45) is 5.10 Å². The van der Waals surface area contributed by atoms with Gasteiger partial charge >= 0.3 is 6.36 Å². The van der Waals surface area contributed by atoms with Gasteiger partial charge in [0.25, 0.3) is 0 Å². The fourth-order valence-corrected chi connectivity index (χ4v) is 4.63. The normalized spacial score (nSPS) is 14.8. The number of carbonyl (C=O) groups is 1. The van der Waals surface area contributed by atoms with E-state index in [0.717, 1.165) is 22.4 Å². The minimum Gasteiger partial charge on any atom is -0.406 e. The van der Waals surface area contributed by atoms with Crippen LogP contribution in [0.15, 0.2) is 84.2 Å². The molecule has 0 atom stereocenters. The molecule has 1 amide bonds. The number of hydrogen-bond acceptors (Lipinski definition) is 7. The highest BCUT2D eigenvalue weighted by Gasteiger charge is 2.31.